The average molecular weight is 274 g/mol. The molecule has 0 spiro atoms. The van der Waals surface area contributed by atoms with Gasteiger partial charge in [-0.15, -0.1) is 0 Å². The zero-order valence-electron chi connectivity index (χ0n) is 13.1. The molecule has 1 atom stereocenters. The van der Waals surface area contributed by atoms with Gasteiger partial charge in [-0.25, -0.2) is 0 Å². The maximum absolute atomic E-state index is 8.96. The monoisotopic (exact) mass is 274 g/mol. The maximum Gasteiger partial charge on any atom is 0.119 e. The number of nitrogens with one attached hydrogen (secondary N) is 1. The van der Waals surface area contributed by atoms with Crippen LogP contribution in [0.25, 0.3) is 0 Å². The molecule has 0 fully saturated rings. The van der Waals surface area contributed by atoms with Gasteiger partial charge in [-0.2, -0.15) is 5.26 Å². The lowest BCUT2D eigenvalue weighted by Crippen LogP contribution is -2.20. The zero-order valence-corrected chi connectivity index (χ0v) is 13.1. The van der Waals surface area contributed by atoms with E-state index in [0.29, 0.717) is 6.04 Å². The predicted octanol–water partition coefficient (Wildman–Crippen LogP) is 4.07. The minimum absolute atomic E-state index is 0.196. The summed E-state index contributed by atoms with van der Waals surface area (Å²) in [5.41, 5.74) is 1.04. The fraction of sp³-hybridized carbons (Fsp3) is 0.588. The fourth-order valence-corrected chi connectivity index (χ4v) is 2.10. The number of hydrogen-bond donors (Lipinski definition) is 1. The Morgan fingerprint density at radius 1 is 1.35 bits per heavy atom. The Balaban J connectivity index is 2.30. The first-order valence-electron chi connectivity index (χ1n) is 7.27. The van der Waals surface area contributed by atoms with Gasteiger partial charge >= 0.3 is 0 Å². The molecule has 0 heterocycles. The van der Waals surface area contributed by atoms with Crippen LogP contribution in [0, 0.1) is 16.7 Å². The van der Waals surface area contributed by atoms with E-state index >= 15 is 0 Å². The summed E-state index contributed by atoms with van der Waals surface area (Å²) in [5, 5.41) is 12.5. The van der Waals surface area contributed by atoms with Crippen LogP contribution >= 0.6 is 0 Å². The molecule has 0 unspecified atom stereocenters. The van der Waals surface area contributed by atoms with Gasteiger partial charge in [0.05, 0.1) is 18.6 Å². The van der Waals surface area contributed by atoms with Crippen LogP contribution in [0.5, 0.6) is 5.75 Å². The first-order chi connectivity index (χ1) is 9.48. The van der Waals surface area contributed by atoms with E-state index in [0.717, 1.165) is 31.6 Å². The van der Waals surface area contributed by atoms with Crippen LogP contribution in [0.15, 0.2) is 24.3 Å². The molecule has 0 aliphatic rings. The van der Waals surface area contributed by atoms with Crippen molar-refractivity contribution in [1.29, 1.82) is 5.26 Å². The second kappa shape index (κ2) is 7.91. The largest absolute Gasteiger partial charge is 0.497 e. The van der Waals surface area contributed by atoms with Crippen molar-refractivity contribution in [1.82, 2.24) is 5.32 Å². The minimum atomic E-state index is -0.196. The molecular weight excluding hydrogens is 248 g/mol. The molecule has 1 rings (SSSR count). The van der Waals surface area contributed by atoms with E-state index in [9.17, 15) is 0 Å². The number of nitrogens with zero attached hydrogens (tertiary/aromatic N) is 1. The number of methoxy groups -OCH3 is 1. The second-order valence-electron chi connectivity index (χ2n) is 5.91. The molecule has 3 heteroatoms. The molecule has 0 aliphatic carbocycles. The van der Waals surface area contributed by atoms with Crippen LogP contribution in [0.2, 0.25) is 0 Å². The van der Waals surface area contributed by atoms with Crippen LogP contribution in [0.3, 0.4) is 0 Å². The molecule has 0 aromatic heterocycles. The van der Waals surface area contributed by atoms with E-state index in [1.165, 1.54) is 5.56 Å². The third-order valence-electron chi connectivity index (χ3n) is 3.58. The molecule has 0 saturated carbocycles. The standard InChI is InChI=1S/C17H26N2O/c1-14(15-8-7-9-16(12-15)20-4)19-11-6-5-10-17(2,3)13-18/h7-9,12,14,19H,5-6,10-11H2,1-4H3/t14-/m1/s1. The molecule has 3 nitrogen and oxygen atoms in total. The van der Waals surface area contributed by atoms with Gasteiger partial charge in [0.1, 0.15) is 5.75 Å². The summed E-state index contributed by atoms with van der Waals surface area (Å²) in [5.74, 6) is 0.895. The van der Waals surface area contributed by atoms with Gasteiger partial charge in [0.15, 0.2) is 0 Å². The SMILES string of the molecule is COc1cccc([C@@H](C)NCCCCC(C)(C)C#N)c1. The zero-order chi connectivity index (χ0) is 15.0. The number of hydrogen-bond acceptors (Lipinski definition) is 3. The molecule has 0 saturated heterocycles. The third-order valence-corrected chi connectivity index (χ3v) is 3.58. The molecule has 1 aromatic carbocycles. The van der Waals surface area contributed by atoms with Crippen LogP contribution in [0.1, 0.15) is 51.6 Å². The van der Waals surface area contributed by atoms with Crippen molar-refractivity contribution in [3.05, 3.63) is 29.8 Å². The van der Waals surface area contributed by atoms with Crippen LogP contribution in [-0.2, 0) is 0 Å². The molecule has 0 aliphatic heterocycles. The van der Waals surface area contributed by atoms with E-state index in [1.807, 2.05) is 26.0 Å². The Labute approximate surface area is 123 Å². The van der Waals surface area contributed by atoms with Crippen molar-refractivity contribution < 1.29 is 4.74 Å². The topological polar surface area (TPSA) is 45.0 Å². The quantitative estimate of drug-likeness (QED) is 0.727. The summed E-state index contributed by atoms with van der Waals surface area (Å²) in [4.78, 5) is 0. The average Bonchev–Trinajstić information content (AvgIpc) is 2.46. The fourth-order valence-electron chi connectivity index (χ4n) is 2.10. The first-order valence-corrected chi connectivity index (χ1v) is 7.27. The molecule has 1 N–H and O–H groups in total. The van der Waals surface area contributed by atoms with Gasteiger partial charge in [0, 0.05) is 6.04 Å². The molecular formula is C17H26N2O. The van der Waals surface area contributed by atoms with Gasteiger partial charge in [0.2, 0.25) is 0 Å². The van der Waals surface area contributed by atoms with Crippen molar-refractivity contribution in [2.75, 3.05) is 13.7 Å². The lowest BCUT2D eigenvalue weighted by Gasteiger charge is -2.17. The van der Waals surface area contributed by atoms with Crippen LogP contribution < -0.4 is 10.1 Å². The highest BCUT2D eigenvalue weighted by Crippen LogP contribution is 2.22. The summed E-state index contributed by atoms with van der Waals surface area (Å²) in [6.07, 6.45) is 3.14. The summed E-state index contributed by atoms with van der Waals surface area (Å²) in [7, 11) is 1.69. The first kappa shape index (κ1) is 16.5. The Bertz CT molecular complexity index is 449. The lowest BCUT2D eigenvalue weighted by atomic mass is 9.89. The highest BCUT2D eigenvalue weighted by atomic mass is 16.5. The molecule has 20 heavy (non-hydrogen) atoms. The predicted molar refractivity (Wildman–Crippen MR) is 82.7 cm³/mol. The molecule has 1 aromatic rings. The highest BCUT2D eigenvalue weighted by molar-refractivity contribution is 5.30. The van der Waals surface area contributed by atoms with E-state index < -0.39 is 0 Å². The van der Waals surface area contributed by atoms with E-state index in [1.54, 1.807) is 7.11 Å². The van der Waals surface area contributed by atoms with Gasteiger partial charge in [-0.3, -0.25) is 0 Å². The van der Waals surface area contributed by atoms with Gasteiger partial charge in [0.25, 0.3) is 0 Å². The Morgan fingerprint density at radius 2 is 2.10 bits per heavy atom. The normalized spacial score (nSPS) is 12.8. The number of rotatable bonds is 8. The lowest BCUT2D eigenvalue weighted by molar-refractivity contribution is 0.411. The Kier molecular flexibility index (Phi) is 6.54. The minimum Gasteiger partial charge on any atom is -0.497 e. The Morgan fingerprint density at radius 3 is 2.75 bits per heavy atom. The number of nitriles is 1. The summed E-state index contributed by atoms with van der Waals surface area (Å²) in [6.45, 7) is 7.13. The molecule has 0 amide bonds. The van der Waals surface area contributed by atoms with Crippen molar-refractivity contribution >= 4 is 0 Å². The summed E-state index contributed by atoms with van der Waals surface area (Å²) < 4.78 is 5.24. The van der Waals surface area contributed by atoms with Gasteiger partial charge < -0.3 is 10.1 Å². The molecule has 0 radical (unpaired) electrons. The van der Waals surface area contributed by atoms with Crippen LogP contribution in [-0.4, -0.2) is 13.7 Å². The summed E-state index contributed by atoms with van der Waals surface area (Å²) >= 11 is 0. The van der Waals surface area contributed by atoms with E-state index in [2.05, 4.69) is 30.4 Å². The molecule has 110 valence electrons. The molecule has 0 bridgehead atoms. The number of unbranched alkanes of at least 4 members (excludes halogenated alkanes) is 1. The number of benzene rings is 1. The number of ether oxygens (including phenoxy) is 1. The highest BCUT2D eigenvalue weighted by Gasteiger charge is 2.15. The van der Waals surface area contributed by atoms with Gasteiger partial charge in [-0.1, -0.05) is 18.6 Å². The summed E-state index contributed by atoms with van der Waals surface area (Å²) in [6, 6.07) is 10.8. The maximum atomic E-state index is 8.96. The van der Waals surface area contributed by atoms with Crippen molar-refractivity contribution in [3.8, 4) is 11.8 Å². The van der Waals surface area contributed by atoms with Crippen LogP contribution in [0.4, 0.5) is 0 Å². The van der Waals surface area contributed by atoms with Gasteiger partial charge in [-0.05, 0) is 57.9 Å². The van der Waals surface area contributed by atoms with E-state index in [4.69, 9.17) is 10.00 Å². The third kappa shape index (κ3) is 5.63. The smallest absolute Gasteiger partial charge is 0.119 e. The van der Waals surface area contributed by atoms with Crippen molar-refractivity contribution in [3.63, 3.8) is 0 Å². The van der Waals surface area contributed by atoms with Crippen molar-refractivity contribution in [2.45, 2.75) is 46.1 Å². The van der Waals surface area contributed by atoms with E-state index in [-0.39, 0.29) is 5.41 Å². The van der Waals surface area contributed by atoms with Crippen molar-refractivity contribution in [2.24, 2.45) is 5.41 Å². The second-order valence-corrected chi connectivity index (χ2v) is 5.91. The Hall–Kier alpha value is -1.53.